The molecule has 1 aliphatic heterocycles. The van der Waals surface area contributed by atoms with Gasteiger partial charge in [0.25, 0.3) is 0 Å². The third-order valence-corrected chi connectivity index (χ3v) is 3.02. The fraction of sp³-hybridized carbons (Fsp3) is 0.750. The number of carboxylic acids is 1. The largest absolute Gasteiger partial charge is 0.481 e. The van der Waals surface area contributed by atoms with Gasteiger partial charge in [-0.2, -0.15) is 0 Å². The Morgan fingerprint density at radius 3 is 3.07 bits per heavy atom. The first-order valence-electron chi connectivity index (χ1n) is 5.77. The number of hydrogen-bond donors (Lipinski definition) is 1. The fourth-order valence-electron chi connectivity index (χ4n) is 2.19. The highest BCUT2D eigenvalue weighted by atomic mass is 16.4. The van der Waals surface area contributed by atoms with E-state index in [2.05, 4.69) is 11.5 Å². The molecule has 0 spiro atoms. The summed E-state index contributed by atoms with van der Waals surface area (Å²) in [5, 5.41) is 8.62. The van der Waals surface area contributed by atoms with Crippen molar-refractivity contribution < 1.29 is 9.90 Å². The van der Waals surface area contributed by atoms with Gasteiger partial charge in [0.05, 0.1) is 0 Å². The molecule has 0 bridgehead atoms. The minimum Gasteiger partial charge on any atom is -0.481 e. The second kappa shape index (κ2) is 6.62. The van der Waals surface area contributed by atoms with Crippen LogP contribution in [0.5, 0.6) is 0 Å². The molecule has 1 unspecified atom stereocenters. The second-order valence-corrected chi connectivity index (χ2v) is 4.32. The number of rotatable bonds is 6. The zero-order valence-electron chi connectivity index (χ0n) is 9.32. The van der Waals surface area contributed by atoms with Gasteiger partial charge in [-0.3, -0.25) is 4.79 Å². The first kappa shape index (κ1) is 12.2. The van der Waals surface area contributed by atoms with Gasteiger partial charge in [0.15, 0.2) is 0 Å². The van der Waals surface area contributed by atoms with Gasteiger partial charge >= 0.3 is 5.97 Å². The first-order valence-corrected chi connectivity index (χ1v) is 5.77. The highest BCUT2D eigenvalue weighted by Gasteiger charge is 2.19. The summed E-state index contributed by atoms with van der Waals surface area (Å²) in [5.74, 6) is -0.0853. The molecule has 1 fully saturated rings. The molecule has 15 heavy (non-hydrogen) atoms. The van der Waals surface area contributed by atoms with Crippen molar-refractivity contribution in [1.29, 1.82) is 0 Å². The molecule has 1 N–H and O–H groups in total. The highest BCUT2D eigenvalue weighted by molar-refractivity contribution is 5.66. The van der Waals surface area contributed by atoms with Crippen LogP contribution < -0.4 is 0 Å². The predicted octanol–water partition coefficient (Wildman–Crippen LogP) is 2.14. The van der Waals surface area contributed by atoms with Crippen LogP contribution in [0.25, 0.3) is 0 Å². The van der Waals surface area contributed by atoms with Crippen molar-refractivity contribution in [2.45, 2.75) is 32.1 Å². The Labute approximate surface area is 91.8 Å². The molecule has 1 rings (SSSR count). The molecule has 3 nitrogen and oxygen atoms in total. The molecule has 1 saturated heterocycles. The van der Waals surface area contributed by atoms with Gasteiger partial charge in [-0.1, -0.05) is 6.08 Å². The van der Waals surface area contributed by atoms with Crippen LogP contribution in [-0.4, -0.2) is 35.6 Å². The predicted molar refractivity (Wildman–Crippen MR) is 60.8 cm³/mol. The lowest BCUT2D eigenvalue weighted by atomic mass is 9.93. The monoisotopic (exact) mass is 211 g/mol. The van der Waals surface area contributed by atoms with Crippen molar-refractivity contribution in [2.24, 2.45) is 5.92 Å². The summed E-state index contributed by atoms with van der Waals surface area (Å²) in [4.78, 5) is 12.9. The number of nitrogens with zero attached hydrogens (tertiary/aromatic N) is 1. The van der Waals surface area contributed by atoms with Gasteiger partial charge in [-0.05, 0) is 38.1 Å². The molecule has 0 aromatic carbocycles. The molecule has 1 aliphatic rings. The molecule has 0 amide bonds. The summed E-state index contributed by atoms with van der Waals surface area (Å²) in [6.45, 7) is 7.03. The Morgan fingerprint density at radius 2 is 2.40 bits per heavy atom. The normalized spacial score (nSPS) is 22.5. The third-order valence-electron chi connectivity index (χ3n) is 3.02. The van der Waals surface area contributed by atoms with Crippen molar-refractivity contribution in [2.75, 3.05) is 19.6 Å². The van der Waals surface area contributed by atoms with E-state index in [4.69, 9.17) is 5.11 Å². The van der Waals surface area contributed by atoms with E-state index >= 15 is 0 Å². The van der Waals surface area contributed by atoms with E-state index in [0.717, 1.165) is 32.5 Å². The molecular formula is C12H21NO2. The number of carbonyl (C=O) groups is 1. The van der Waals surface area contributed by atoms with E-state index in [1.807, 2.05) is 6.08 Å². The Balaban J connectivity index is 2.22. The van der Waals surface area contributed by atoms with Crippen LogP contribution in [0.4, 0.5) is 0 Å². The van der Waals surface area contributed by atoms with Crippen molar-refractivity contribution in [3.63, 3.8) is 0 Å². The van der Waals surface area contributed by atoms with E-state index in [0.29, 0.717) is 12.3 Å². The maximum Gasteiger partial charge on any atom is 0.303 e. The van der Waals surface area contributed by atoms with Crippen molar-refractivity contribution in [1.82, 2.24) is 4.90 Å². The van der Waals surface area contributed by atoms with Crippen LogP contribution in [0.1, 0.15) is 32.1 Å². The SMILES string of the molecule is C=CCCN1CCCC(CCC(=O)O)C1. The van der Waals surface area contributed by atoms with Crippen LogP contribution >= 0.6 is 0 Å². The molecule has 86 valence electrons. The van der Waals surface area contributed by atoms with Crippen LogP contribution in [0.15, 0.2) is 12.7 Å². The fourth-order valence-corrected chi connectivity index (χ4v) is 2.19. The quantitative estimate of drug-likeness (QED) is 0.684. The van der Waals surface area contributed by atoms with Gasteiger partial charge in [-0.15, -0.1) is 6.58 Å². The number of aliphatic carboxylic acids is 1. The zero-order chi connectivity index (χ0) is 11.1. The van der Waals surface area contributed by atoms with E-state index in [-0.39, 0.29) is 0 Å². The first-order chi connectivity index (χ1) is 7.22. The summed E-state index contributed by atoms with van der Waals surface area (Å²) in [5.41, 5.74) is 0. The van der Waals surface area contributed by atoms with Crippen LogP contribution in [0, 0.1) is 5.92 Å². The average Bonchev–Trinajstić information content (AvgIpc) is 2.24. The summed E-state index contributed by atoms with van der Waals surface area (Å²) in [7, 11) is 0. The summed E-state index contributed by atoms with van der Waals surface area (Å²) >= 11 is 0. The zero-order valence-corrected chi connectivity index (χ0v) is 9.32. The summed E-state index contributed by atoms with van der Waals surface area (Å²) in [6.07, 6.45) is 6.53. The lowest BCUT2D eigenvalue weighted by molar-refractivity contribution is -0.137. The summed E-state index contributed by atoms with van der Waals surface area (Å²) in [6, 6.07) is 0. The van der Waals surface area contributed by atoms with E-state index in [1.165, 1.54) is 12.8 Å². The molecule has 1 heterocycles. The lowest BCUT2D eigenvalue weighted by Crippen LogP contribution is -2.36. The van der Waals surface area contributed by atoms with E-state index in [1.54, 1.807) is 0 Å². The second-order valence-electron chi connectivity index (χ2n) is 4.32. The number of carboxylic acid groups (broad SMARTS) is 1. The third kappa shape index (κ3) is 4.98. The molecule has 1 atom stereocenters. The smallest absolute Gasteiger partial charge is 0.303 e. The Hall–Kier alpha value is -0.830. The number of hydrogen-bond acceptors (Lipinski definition) is 2. The van der Waals surface area contributed by atoms with E-state index in [9.17, 15) is 4.79 Å². The molecule has 0 aliphatic carbocycles. The topological polar surface area (TPSA) is 40.5 Å². The molecule has 3 heteroatoms. The molecular weight excluding hydrogens is 190 g/mol. The number of piperidine rings is 1. The van der Waals surface area contributed by atoms with Crippen LogP contribution in [0.3, 0.4) is 0 Å². The van der Waals surface area contributed by atoms with Gasteiger partial charge in [0, 0.05) is 19.5 Å². The highest BCUT2D eigenvalue weighted by Crippen LogP contribution is 2.20. The molecule has 0 aromatic rings. The van der Waals surface area contributed by atoms with Gasteiger partial charge in [0.2, 0.25) is 0 Å². The maximum atomic E-state index is 10.5. The Morgan fingerprint density at radius 1 is 1.60 bits per heavy atom. The minimum absolute atomic E-state index is 0.319. The standard InChI is InChI=1S/C12H21NO2/c1-2-3-8-13-9-4-5-11(10-13)6-7-12(14)15/h2,11H,1,3-10H2,(H,14,15). The maximum absolute atomic E-state index is 10.5. The average molecular weight is 211 g/mol. The van der Waals surface area contributed by atoms with Gasteiger partial charge < -0.3 is 10.0 Å². The van der Waals surface area contributed by atoms with Crippen molar-refractivity contribution >= 4 is 5.97 Å². The lowest BCUT2D eigenvalue weighted by Gasteiger charge is -2.32. The van der Waals surface area contributed by atoms with E-state index < -0.39 is 5.97 Å². The van der Waals surface area contributed by atoms with Crippen molar-refractivity contribution in [3.05, 3.63) is 12.7 Å². The van der Waals surface area contributed by atoms with Crippen LogP contribution in [0.2, 0.25) is 0 Å². The van der Waals surface area contributed by atoms with Crippen molar-refractivity contribution in [3.8, 4) is 0 Å². The molecule has 0 saturated carbocycles. The summed E-state index contributed by atoms with van der Waals surface area (Å²) < 4.78 is 0. The van der Waals surface area contributed by atoms with Gasteiger partial charge in [-0.25, -0.2) is 0 Å². The minimum atomic E-state index is -0.668. The van der Waals surface area contributed by atoms with Crippen LogP contribution in [-0.2, 0) is 4.79 Å². The Bertz CT molecular complexity index is 216. The Kier molecular flexibility index (Phi) is 5.40. The number of likely N-dealkylation sites (tertiary alicyclic amines) is 1. The molecule has 0 aromatic heterocycles. The van der Waals surface area contributed by atoms with Gasteiger partial charge in [0.1, 0.15) is 0 Å². The molecule has 0 radical (unpaired) electrons.